The summed E-state index contributed by atoms with van der Waals surface area (Å²) < 4.78 is 0. The van der Waals surface area contributed by atoms with E-state index in [0.717, 1.165) is 32.1 Å². The predicted octanol–water partition coefficient (Wildman–Crippen LogP) is 1.62. The second-order valence-electron chi connectivity index (χ2n) is 5.29. The molecule has 5 nitrogen and oxygen atoms in total. The van der Waals surface area contributed by atoms with Crippen molar-refractivity contribution in [3.8, 4) is 0 Å². The lowest BCUT2D eigenvalue weighted by molar-refractivity contribution is -0.138. The molecule has 0 spiro atoms. The van der Waals surface area contributed by atoms with Crippen LogP contribution < -0.4 is 5.32 Å². The molecule has 5 heteroatoms. The molecule has 1 unspecified atom stereocenters. The number of hydrogen-bond donors (Lipinski definition) is 2. The molecule has 0 aromatic heterocycles. The van der Waals surface area contributed by atoms with Crippen LogP contribution in [0.25, 0.3) is 0 Å². The van der Waals surface area contributed by atoms with Gasteiger partial charge in [-0.3, -0.25) is 14.5 Å². The fourth-order valence-electron chi connectivity index (χ4n) is 2.21. The molecule has 0 saturated heterocycles. The van der Waals surface area contributed by atoms with Crippen LogP contribution in [0.4, 0.5) is 0 Å². The Labute approximate surface area is 115 Å². The number of carbonyl (C=O) groups is 2. The van der Waals surface area contributed by atoms with Gasteiger partial charge in [-0.1, -0.05) is 19.8 Å². The molecule has 0 heterocycles. The van der Waals surface area contributed by atoms with Crippen LogP contribution in [-0.4, -0.2) is 47.1 Å². The number of rotatable bonds is 10. The van der Waals surface area contributed by atoms with E-state index < -0.39 is 5.97 Å². The van der Waals surface area contributed by atoms with Crippen LogP contribution in [0.2, 0.25) is 0 Å². The molecule has 0 aliphatic heterocycles. The molecular weight excluding hydrogens is 244 g/mol. The van der Waals surface area contributed by atoms with Gasteiger partial charge in [0.1, 0.15) is 0 Å². The van der Waals surface area contributed by atoms with Crippen molar-refractivity contribution in [3.05, 3.63) is 0 Å². The van der Waals surface area contributed by atoms with Crippen molar-refractivity contribution in [1.82, 2.24) is 10.2 Å². The molecule has 0 aromatic rings. The Hall–Kier alpha value is -1.10. The highest BCUT2D eigenvalue weighted by Gasteiger charge is 2.34. The molecular formula is C14H26N2O3. The number of unbranched alkanes of at least 4 members (excludes halogenated alkanes) is 2. The summed E-state index contributed by atoms with van der Waals surface area (Å²) in [6.07, 6.45) is 5.52. The molecule has 1 fully saturated rings. The molecule has 1 saturated carbocycles. The third kappa shape index (κ3) is 6.05. The van der Waals surface area contributed by atoms with Crippen LogP contribution in [0.1, 0.15) is 52.4 Å². The lowest BCUT2D eigenvalue weighted by Crippen LogP contribution is -2.47. The number of nitrogens with one attached hydrogen (secondary N) is 1. The minimum absolute atomic E-state index is 0.0217. The van der Waals surface area contributed by atoms with Gasteiger partial charge in [-0.2, -0.15) is 0 Å². The van der Waals surface area contributed by atoms with E-state index >= 15 is 0 Å². The summed E-state index contributed by atoms with van der Waals surface area (Å²) in [5.41, 5.74) is 0. The van der Waals surface area contributed by atoms with Crippen molar-refractivity contribution < 1.29 is 14.7 Å². The van der Waals surface area contributed by atoms with E-state index in [-0.39, 0.29) is 18.4 Å². The molecule has 1 aliphatic rings. The van der Waals surface area contributed by atoms with Crippen molar-refractivity contribution in [3.63, 3.8) is 0 Å². The molecule has 1 rings (SSSR count). The first-order chi connectivity index (χ1) is 9.06. The van der Waals surface area contributed by atoms with Crippen molar-refractivity contribution in [2.75, 3.05) is 13.1 Å². The molecule has 0 radical (unpaired) electrons. The van der Waals surface area contributed by atoms with Gasteiger partial charge in [-0.25, -0.2) is 0 Å². The van der Waals surface area contributed by atoms with Crippen molar-refractivity contribution in [1.29, 1.82) is 0 Å². The average molecular weight is 270 g/mol. The van der Waals surface area contributed by atoms with Crippen LogP contribution in [0, 0.1) is 0 Å². The first kappa shape index (κ1) is 16.0. The van der Waals surface area contributed by atoms with Gasteiger partial charge in [0.15, 0.2) is 0 Å². The molecule has 1 atom stereocenters. The summed E-state index contributed by atoms with van der Waals surface area (Å²) in [5.74, 6) is -0.783. The first-order valence-electron chi connectivity index (χ1n) is 7.31. The average Bonchev–Trinajstić information content (AvgIpc) is 3.18. The van der Waals surface area contributed by atoms with E-state index in [9.17, 15) is 9.59 Å². The zero-order valence-corrected chi connectivity index (χ0v) is 12.0. The zero-order valence-electron chi connectivity index (χ0n) is 12.0. The molecule has 110 valence electrons. The van der Waals surface area contributed by atoms with Gasteiger partial charge in [0.05, 0.1) is 12.5 Å². The summed E-state index contributed by atoms with van der Waals surface area (Å²) in [6.45, 7) is 5.18. The van der Waals surface area contributed by atoms with Crippen molar-refractivity contribution in [2.45, 2.75) is 64.5 Å². The third-order valence-corrected chi connectivity index (χ3v) is 3.56. The maximum Gasteiger partial charge on any atom is 0.304 e. The predicted molar refractivity (Wildman–Crippen MR) is 74.0 cm³/mol. The highest BCUT2D eigenvalue weighted by molar-refractivity contribution is 5.81. The second-order valence-corrected chi connectivity index (χ2v) is 5.29. The topological polar surface area (TPSA) is 69.6 Å². The van der Waals surface area contributed by atoms with Crippen LogP contribution >= 0.6 is 0 Å². The largest absolute Gasteiger partial charge is 0.481 e. The number of carboxylic acids is 1. The maximum atomic E-state index is 12.0. The van der Waals surface area contributed by atoms with E-state index in [0.29, 0.717) is 19.1 Å². The van der Waals surface area contributed by atoms with Gasteiger partial charge in [0, 0.05) is 19.1 Å². The number of amides is 1. The minimum atomic E-state index is -0.804. The Balaban J connectivity index is 2.35. The van der Waals surface area contributed by atoms with Crippen LogP contribution in [-0.2, 0) is 9.59 Å². The van der Waals surface area contributed by atoms with Gasteiger partial charge < -0.3 is 10.4 Å². The minimum Gasteiger partial charge on any atom is -0.481 e. The fraction of sp³-hybridized carbons (Fsp3) is 0.857. The Morgan fingerprint density at radius 3 is 2.58 bits per heavy atom. The van der Waals surface area contributed by atoms with Crippen LogP contribution in [0.15, 0.2) is 0 Å². The van der Waals surface area contributed by atoms with Crippen LogP contribution in [0.3, 0.4) is 0 Å². The molecule has 0 aromatic carbocycles. The Morgan fingerprint density at radius 2 is 2.05 bits per heavy atom. The lowest BCUT2D eigenvalue weighted by Gasteiger charge is -2.27. The van der Waals surface area contributed by atoms with E-state index in [1.54, 1.807) is 0 Å². The van der Waals surface area contributed by atoms with E-state index in [1.165, 1.54) is 0 Å². The summed E-state index contributed by atoms with van der Waals surface area (Å²) in [6, 6.07) is 0.171. The number of carboxylic acid groups (broad SMARTS) is 1. The van der Waals surface area contributed by atoms with E-state index in [2.05, 4.69) is 12.2 Å². The van der Waals surface area contributed by atoms with Crippen molar-refractivity contribution >= 4 is 11.9 Å². The monoisotopic (exact) mass is 270 g/mol. The molecule has 2 N–H and O–H groups in total. The SMILES string of the molecule is CCCCCNC(=O)C(C)N(CCC(=O)O)C1CC1. The molecule has 0 bridgehead atoms. The van der Waals surface area contributed by atoms with Gasteiger partial charge >= 0.3 is 5.97 Å². The standard InChI is InChI=1S/C14H26N2O3/c1-3-4-5-9-15-14(19)11(2)16(12-6-7-12)10-8-13(17)18/h11-12H,3-10H2,1-2H3,(H,15,19)(H,17,18). The third-order valence-electron chi connectivity index (χ3n) is 3.56. The lowest BCUT2D eigenvalue weighted by atomic mass is 10.2. The first-order valence-corrected chi connectivity index (χ1v) is 7.31. The number of carbonyl (C=O) groups excluding carboxylic acids is 1. The fourth-order valence-corrected chi connectivity index (χ4v) is 2.21. The van der Waals surface area contributed by atoms with E-state index in [4.69, 9.17) is 5.11 Å². The normalized spacial score (nSPS) is 16.4. The van der Waals surface area contributed by atoms with Gasteiger partial charge in [-0.05, 0) is 26.2 Å². The molecule has 19 heavy (non-hydrogen) atoms. The second kappa shape index (κ2) is 8.15. The van der Waals surface area contributed by atoms with Crippen LogP contribution in [0.5, 0.6) is 0 Å². The smallest absolute Gasteiger partial charge is 0.304 e. The Bertz CT molecular complexity index is 303. The Kier molecular flexibility index (Phi) is 6.84. The summed E-state index contributed by atoms with van der Waals surface area (Å²) >= 11 is 0. The number of aliphatic carboxylic acids is 1. The quantitative estimate of drug-likeness (QED) is 0.592. The van der Waals surface area contributed by atoms with Crippen molar-refractivity contribution in [2.24, 2.45) is 0 Å². The summed E-state index contributed by atoms with van der Waals surface area (Å²) in [4.78, 5) is 24.7. The molecule has 1 aliphatic carbocycles. The summed E-state index contributed by atoms with van der Waals surface area (Å²) in [5, 5.41) is 11.7. The van der Waals surface area contributed by atoms with Gasteiger partial charge in [-0.15, -0.1) is 0 Å². The zero-order chi connectivity index (χ0) is 14.3. The van der Waals surface area contributed by atoms with Gasteiger partial charge in [0.2, 0.25) is 5.91 Å². The maximum absolute atomic E-state index is 12.0. The highest BCUT2D eigenvalue weighted by atomic mass is 16.4. The number of nitrogens with zero attached hydrogens (tertiary/aromatic N) is 1. The highest BCUT2D eigenvalue weighted by Crippen LogP contribution is 2.28. The van der Waals surface area contributed by atoms with Gasteiger partial charge in [0.25, 0.3) is 0 Å². The summed E-state index contributed by atoms with van der Waals surface area (Å²) in [7, 11) is 0. The van der Waals surface area contributed by atoms with E-state index in [1.807, 2.05) is 11.8 Å². The number of hydrogen-bond acceptors (Lipinski definition) is 3. The molecule has 1 amide bonds. The Morgan fingerprint density at radius 1 is 1.37 bits per heavy atom.